The number of halogens is 1. The molecule has 0 aromatic carbocycles. The Hall–Kier alpha value is 1.25. The summed E-state index contributed by atoms with van der Waals surface area (Å²) >= 11 is 0. The first-order chi connectivity index (χ1) is 2.27. The summed E-state index contributed by atoms with van der Waals surface area (Å²) in [5, 5.41) is 0. The topological polar surface area (TPSA) is 0 Å². The van der Waals surface area contributed by atoms with Crippen LogP contribution in [0.2, 0.25) is 0 Å². The fourth-order valence-corrected chi connectivity index (χ4v) is 0. The van der Waals surface area contributed by atoms with Gasteiger partial charge in [0, 0.05) is 0 Å². The van der Waals surface area contributed by atoms with Crippen LogP contribution in [0.3, 0.4) is 0 Å². The smallest absolute Gasteiger partial charge is 1.00 e. The number of rotatable bonds is 1. The van der Waals surface area contributed by atoms with Gasteiger partial charge >= 0.3 is 23.1 Å². The summed E-state index contributed by atoms with van der Waals surface area (Å²) in [5.74, 6) is 0.634. The van der Waals surface area contributed by atoms with Crippen molar-refractivity contribution in [3.8, 4) is 0 Å². The third-order valence-corrected chi connectivity index (χ3v) is 0.697. The van der Waals surface area contributed by atoms with Crippen LogP contribution < -0.4 is 17.0 Å². The largest absolute Gasteiger partial charge is 2.00 e. The molecule has 1 atom stereocenters. The van der Waals surface area contributed by atoms with Gasteiger partial charge in [-0.25, -0.2) is 0 Å². The Morgan fingerprint density at radius 3 is 1.71 bits per heavy atom. The first-order valence-corrected chi connectivity index (χ1v) is 2.10. The van der Waals surface area contributed by atoms with Gasteiger partial charge in [-0.1, -0.05) is 20.3 Å². The molecule has 0 aliphatic heterocycles. The first-order valence-electron chi connectivity index (χ1n) is 2.10. The third-order valence-electron chi connectivity index (χ3n) is 0.697. The summed E-state index contributed by atoms with van der Waals surface area (Å²) in [6.45, 7) is 8.00. The van der Waals surface area contributed by atoms with Gasteiger partial charge in [0.25, 0.3) is 0 Å². The van der Waals surface area contributed by atoms with Crippen molar-refractivity contribution in [3.63, 3.8) is 0 Å². The van der Waals surface area contributed by atoms with Gasteiger partial charge in [0.05, 0.1) is 0 Å². The van der Waals surface area contributed by atoms with E-state index >= 15 is 0 Å². The fraction of sp³-hybridized carbons (Fsp3) is 0.800. The fourth-order valence-electron chi connectivity index (χ4n) is 0. The second kappa shape index (κ2) is 10.3. The summed E-state index contributed by atoms with van der Waals surface area (Å²) < 4.78 is 0. The molecule has 0 saturated carbocycles. The van der Waals surface area contributed by atoms with Gasteiger partial charge in [0.1, 0.15) is 0 Å². The van der Waals surface area contributed by atoms with Crippen LogP contribution in [-0.4, -0.2) is 23.1 Å². The monoisotopic (exact) mass is 174 g/mol. The van der Waals surface area contributed by atoms with Crippen LogP contribution in [-0.2, 0) is 0 Å². The molecule has 0 saturated heterocycles. The van der Waals surface area contributed by atoms with E-state index in [9.17, 15) is 0 Å². The van der Waals surface area contributed by atoms with Crippen molar-refractivity contribution in [2.24, 2.45) is 5.92 Å². The average molecular weight is 175 g/mol. The van der Waals surface area contributed by atoms with Crippen LogP contribution in [0.5, 0.6) is 0 Å². The van der Waals surface area contributed by atoms with E-state index in [0.29, 0.717) is 5.92 Å². The Morgan fingerprint density at radius 1 is 1.57 bits per heavy atom. The summed E-state index contributed by atoms with van der Waals surface area (Å²) in [6, 6.07) is 0. The SMILES string of the molecule is [Br-].[CH2-][C@@H](C)CC.[Mg+2]. The van der Waals surface area contributed by atoms with Gasteiger partial charge in [-0.3, -0.25) is 0 Å². The maximum Gasteiger partial charge on any atom is 2.00 e. The van der Waals surface area contributed by atoms with Gasteiger partial charge in [0.2, 0.25) is 0 Å². The van der Waals surface area contributed by atoms with E-state index in [1.54, 1.807) is 0 Å². The Morgan fingerprint density at radius 2 is 1.71 bits per heavy atom. The predicted molar refractivity (Wildman–Crippen MR) is 30.6 cm³/mol. The Bertz CT molecular complexity index is 22.0. The summed E-state index contributed by atoms with van der Waals surface area (Å²) in [6.07, 6.45) is 1.19. The van der Waals surface area contributed by atoms with Gasteiger partial charge in [-0.15, -0.1) is 0 Å². The normalized spacial score (nSPS) is 10.7. The molecule has 7 heavy (non-hydrogen) atoms. The molecule has 0 unspecified atom stereocenters. The Balaban J connectivity index is -0.0000000800. The van der Waals surface area contributed by atoms with Gasteiger partial charge < -0.3 is 23.9 Å². The summed E-state index contributed by atoms with van der Waals surface area (Å²) in [4.78, 5) is 0. The Labute approximate surface area is 73.0 Å². The van der Waals surface area contributed by atoms with Crippen molar-refractivity contribution < 1.29 is 17.0 Å². The van der Waals surface area contributed by atoms with Gasteiger partial charge in [0.15, 0.2) is 0 Å². The number of hydrogen-bond donors (Lipinski definition) is 0. The van der Waals surface area contributed by atoms with E-state index in [2.05, 4.69) is 20.8 Å². The van der Waals surface area contributed by atoms with E-state index in [4.69, 9.17) is 0 Å². The minimum absolute atomic E-state index is 0. The van der Waals surface area contributed by atoms with E-state index in [-0.39, 0.29) is 40.0 Å². The molecule has 0 amide bonds. The molecule has 0 nitrogen and oxygen atoms in total. The zero-order valence-corrected chi connectivity index (χ0v) is 8.08. The van der Waals surface area contributed by atoms with Crippen molar-refractivity contribution in [2.45, 2.75) is 20.3 Å². The quantitative estimate of drug-likeness (QED) is 0.336. The summed E-state index contributed by atoms with van der Waals surface area (Å²) in [5.41, 5.74) is 0. The minimum atomic E-state index is 0. The molecular weight excluding hydrogens is 164 g/mol. The first kappa shape index (κ1) is 15.7. The summed E-state index contributed by atoms with van der Waals surface area (Å²) in [7, 11) is 0. The molecule has 0 aromatic rings. The molecule has 0 aliphatic rings. The van der Waals surface area contributed by atoms with E-state index in [1.807, 2.05) is 0 Å². The predicted octanol–water partition coefficient (Wildman–Crippen LogP) is -1.51. The molecular formula is C5H11BrMg. The van der Waals surface area contributed by atoms with Crippen molar-refractivity contribution in [2.75, 3.05) is 0 Å². The number of hydrogen-bond acceptors (Lipinski definition) is 0. The second-order valence-electron chi connectivity index (χ2n) is 1.51. The van der Waals surface area contributed by atoms with Crippen LogP contribution >= 0.6 is 0 Å². The maximum absolute atomic E-state index is 3.76. The molecule has 0 spiro atoms. The molecule has 0 aliphatic carbocycles. The van der Waals surface area contributed by atoms with Crippen LogP contribution in [0, 0.1) is 12.8 Å². The van der Waals surface area contributed by atoms with Crippen LogP contribution in [0.15, 0.2) is 0 Å². The van der Waals surface area contributed by atoms with Crippen molar-refractivity contribution in [1.82, 2.24) is 0 Å². The van der Waals surface area contributed by atoms with Crippen LogP contribution in [0.25, 0.3) is 0 Å². The molecule has 0 N–H and O–H groups in total. The van der Waals surface area contributed by atoms with E-state index in [1.165, 1.54) is 6.42 Å². The second-order valence-corrected chi connectivity index (χ2v) is 1.51. The molecule has 0 radical (unpaired) electrons. The van der Waals surface area contributed by atoms with E-state index in [0.717, 1.165) is 0 Å². The molecule has 40 valence electrons. The Kier molecular flexibility index (Phi) is 23.1. The molecule has 0 fully saturated rings. The third kappa shape index (κ3) is 18.9. The van der Waals surface area contributed by atoms with Crippen molar-refractivity contribution in [1.29, 1.82) is 0 Å². The minimum Gasteiger partial charge on any atom is -1.00 e. The zero-order chi connectivity index (χ0) is 4.28. The van der Waals surface area contributed by atoms with Crippen LogP contribution in [0.4, 0.5) is 0 Å². The molecule has 0 aromatic heterocycles. The van der Waals surface area contributed by atoms with Crippen molar-refractivity contribution >= 4 is 23.1 Å². The zero-order valence-electron chi connectivity index (χ0n) is 5.08. The van der Waals surface area contributed by atoms with E-state index < -0.39 is 0 Å². The van der Waals surface area contributed by atoms with Gasteiger partial charge in [-0.05, 0) is 0 Å². The molecule has 2 heteroatoms. The maximum atomic E-state index is 3.76. The standard InChI is InChI=1S/C5H11.BrH.Mg/c1-4-5(2)3;;/h5H,2,4H2,1,3H3;1H;/q-1;;+2/p-1/t5-;;/m0../s1. The molecule has 0 rings (SSSR count). The molecule has 0 bridgehead atoms. The van der Waals surface area contributed by atoms with Gasteiger partial charge in [-0.2, -0.15) is 5.92 Å². The average Bonchev–Trinajstić information content (AvgIpc) is 1.38. The van der Waals surface area contributed by atoms with Crippen LogP contribution in [0.1, 0.15) is 20.3 Å². The molecule has 0 heterocycles. The van der Waals surface area contributed by atoms with Crippen molar-refractivity contribution in [3.05, 3.63) is 6.92 Å².